The summed E-state index contributed by atoms with van der Waals surface area (Å²) in [5.74, 6) is 0. The van der Waals surface area contributed by atoms with Crippen molar-refractivity contribution in [2.24, 2.45) is 0 Å². The summed E-state index contributed by atoms with van der Waals surface area (Å²) in [4.78, 5) is 2.52. The van der Waals surface area contributed by atoms with E-state index < -0.39 is 0 Å². The van der Waals surface area contributed by atoms with E-state index in [2.05, 4.69) is 53.4 Å². The van der Waals surface area contributed by atoms with E-state index in [4.69, 9.17) is 0 Å². The summed E-state index contributed by atoms with van der Waals surface area (Å²) in [7, 11) is 0. The third-order valence-corrected chi connectivity index (χ3v) is 3.74. The van der Waals surface area contributed by atoms with E-state index in [0.29, 0.717) is 12.1 Å². The fourth-order valence-corrected chi connectivity index (χ4v) is 3.00. The van der Waals surface area contributed by atoms with Gasteiger partial charge in [0, 0.05) is 44.1 Å². The number of nitrogens with zero attached hydrogens (tertiary/aromatic N) is 3. The number of rotatable bonds is 3. The Morgan fingerprint density at radius 1 is 1.14 bits per heavy atom. The van der Waals surface area contributed by atoms with Crippen LogP contribution >= 0.6 is 12.4 Å². The van der Waals surface area contributed by atoms with E-state index in [1.54, 1.807) is 6.20 Å². The zero-order chi connectivity index (χ0) is 13.9. The minimum atomic E-state index is 0. The van der Waals surface area contributed by atoms with Gasteiger partial charge in [0.15, 0.2) is 0 Å². The van der Waals surface area contributed by atoms with E-state index in [9.17, 15) is 0 Å². The van der Waals surface area contributed by atoms with Crippen molar-refractivity contribution in [3.8, 4) is 5.69 Å². The predicted molar refractivity (Wildman–Crippen MR) is 88.1 cm³/mol. The molecule has 2 aromatic rings. The Morgan fingerprint density at radius 2 is 1.81 bits per heavy atom. The third-order valence-electron chi connectivity index (χ3n) is 3.74. The predicted octanol–water partition coefficient (Wildman–Crippen LogP) is 2.48. The molecule has 0 spiro atoms. The molecule has 4 nitrogen and oxygen atoms in total. The van der Waals surface area contributed by atoms with E-state index in [1.165, 1.54) is 5.56 Å². The number of hydrogen-bond acceptors (Lipinski definition) is 3. The number of aromatic nitrogens is 2. The topological polar surface area (TPSA) is 33.1 Å². The number of piperazine rings is 1. The molecule has 0 radical (unpaired) electrons. The van der Waals surface area contributed by atoms with Gasteiger partial charge in [0.05, 0.1) is 5.69 Å². The first-order chi connectivity index (χ1) is 9.70. The SMILES string of the molecule is CC1CN(Cc2ccc(-n3cccn3)cc2)CC(C)N1.Cl. The van der Waals surface area contributed by atoms with Crippen molar-refractivity contribution >= 4 is 12.4 Å². The van der Waals surface area contributed by atoms with E-state index in [0.717, 1.165) is 25.3 Å². The molecule has 0 amide bonds. The Bertz CT molecular complexity index is 528. The maximum Gasteiger partial charge on any atom is 0.0645 e. The molecule has 2 atom stereocenters. The van der Waals surface area contributed by atoms with E-state index in [1.807, 2.05) is 16.9 Å². The zero-order valence-electron chi connectivity index (χ0n) is 12.6. The molecule has 2 heterocycles. The minimum absolute atomic E-state index is 0. The number of hydrogen-bond donors (Lipinski definition) is 1. The Kier molecular flexibility index (Phi) is 5.39. The van der Waals surface area contributed by atoms with Crippen LogP contribution in [0.2, 0.25) is 0 Å². The average Bonchev–Trinajstić information content (AvgIpc) is 2.92. The highest BCUT2D eigenvalue weighted by Gasteiger charge is 2.20. The number of nitrogens with one attached hydrogen (secondary N) is 1. The minimum Gasteiger partial charge on any atom is -0.309 e. The lowest BCUT2D eigenvalue weighted by Crippen LogP contribution is -2.53. The lowest BCUT2D eigenvalue weighted by atomic mass is 10.1. The van der Waals surface area contributed by atoms with Gasteiger partial charge in [0.25, 0.3) is 0 Å². The summed E-state index contributed by atoms with van der Waals surface area (Å²) in [5, 5.41) is 7.82. The highest BCUT2D eigenvalue weighted by Crippen LogP contribution is 2.13. The molecule has 5 heteroatoms. The molecule has 3 rings (SSSR count). The number of benzene rings is 1. The normalized spacial score (nSPS) is 22.8. The van der Waals surface area contributed by atoms with Gasteiger partial charge >= 0.3 is 0 Å². The number of halogens is 1. The molecule has 0 bridgehead atoms. The third kappa shape index (κ3) is 4.06. The van der Waals surface area contributed by atoms with Crippen LogP contribution in [0.3, 0.4) is 0 Å². The van der Waals surface area contributed by atoms with Crippen LogP contribution < -0.4 is 5.32 Å². The van der Waals surface area contributed by atoms with Crippen molar-refractivity contribution < 1.29 is 0 Å². The van der Waals surface area contributed by atoms with E-state index >= 15 is 0 Å². The monoisotopic (exact) mass is 306 g/mol. The summed E-state index contributed by atoms with van der Waals surface area (Å²) in [5.41, 5.74) is 2.48. The van der Waals surface area contributed by atoms with E-state index in [-0.39, 0.29) is 12.4 Å². The van der Waals surface area contributed by atoms with Crippen molar-refractivity contribution in [1.82, 2.24) is 20.0 Å². The van der Waals surface area contributed by atoms with Crippen LogP contribution in [0, 0.1) is 0 Å². The van der Waals surface area contributed by atoms with Crippen LogP contribution in [0.5, 0.6) is 0 Å². The molecule has 1 saturated heterocycles. The molecule has 1 fully saturated rings. The second-order valence-corrected chi connectivity index (χ2v) is 5.78. The molecule has 2 unspecified atom stereocenters. The standard InChI is InChI=1S/C16H22N4.ClH/c1-13-10-19(11-14(2)18-13)12-15-4-6-16(7-5-15)20-9-3-8-17-20;/h3-9,13-14,18H,10-12H2,1-2H3;1H. The van der Waals surface area contributed by atoms with Gasteiger partial charge in [-0.2, -0.15) is 5.10 Å². The maximum absolute atomic E-state index is 4.25. The van der Waals surface area contributed by atoms with Crippen molar-refractivity contribution in [3.05, 3.63) is 48.3 Å². The Morgan fingerprint density at radius 3 is 2.38 bits per heavy atom. The molecule has 114 valence electrons. The average molecular weight is 307 g/mol. The summed E-state index contributed by atoms with van der Waals surface area (Å²) >= 11 is 0. The van der Waals surface area contributed by atoms with Crippen LogP contribution in [-0.4, -0.2) is 39.9 Å². The van der Waals surface area contributed by atoms with Crippen molar-refractivity contribution in [3.63, 3.8) is 0 Å². The summed E-state index contributed by atoms with van der Waals surface area (Å²) in [6.45, 7) is 7.76. The molecule has 1 aromatic heterocycles. The quantitative estimate of drug-likeness (QED) is 0.946. The molecule has 1 aliphatic rings. The molecule has 1 N–H and O–H groups in total. The van der Waals surface area contributed by atoms with Gasteiger partial charge in [0.1, 0.15) is 0 Å². The summed E-state index contributed by atoms with van der Waals surface area (Å²) in [6, 6.07) is 11.8. The lowest BCUT2D eigenvalue weighted by molar-refractivity contribution is 0.166. The van der Waals surface area contributed by atoms with Gasteiger partial charge in [-0.1, -0.05) is 12.1 Å². The van der Waals surface area contributed by atoms with Crippen molar-refractivity contribution in [2.75, 3.05) is 13.1 Å². The van der Waals surface area contributed by atoms with Gasteiger partial charge in [0.2, 0.25) is 0 Å². The van der Waals surface area contributed by atoms with Gasteiger partial charge in [-0.25, -0.2) is 4.68 Å². The second-order valence-electron chi connectivity index (χ2n) is 5.78. The fraction of sp³-hybridized carbons (Fsp3) is 0.438. The molecule has 1 aromatic carbocycles. The Balaban J connectivity index is 0.00000161. The van der Waals surface area contributed by atoms with Gasteiger partial charge in [-0.05, 0) is 37.6 Å². The van der Waals surface area contributed by atoms with Gasteiger partial charge < -0.3 is 5.32 Å². The van der Waals surface area contributed by atoms with Gasteiger partial charge in [-0.3, -0.25) is 4.90 Å². The van der Waals surface area contributed by atoms with Crippen LogP contribution in [0.1, 0.15) is 19.4 Å². The molecule has 1 aliphatic heterocycles. The summed E-state index contributed by atoms with van der Waals surface area (Å²) < 4.78 is 1.89. The van der Waals surface area contributed by atoms with Crippen molar-refractivity contribution in [2.45, 2.75) is 32.5 Å². The molecule has 21 heavy (non-hydrogen) atoms. The maximum atomic E-state index is 4.25. The van der Waals surface area contributed by atoms with Crippen molar-refractivity contribution in [1.29, 1.82) is 0 Å². The van der Waals surface area contributed by atoms with Crippen LogP contribution in [0.25, 0.3) is 5.69 Å². The second kappa shape index (κ2) is 7.07. The first-order valence-electron chi connectivity index (χ1n) is 7.28. The first-order valence-corrected chi connectivity index (χ1v) is 7.28. The summed E-state index contributed by atoms with van der Waals surface area (Å²) in [6.07, 6.45) is 3.77. The molecule has 0 aliphatic carbocycles. The van der Waals surface area contributed by atoms with Gasteiger partial charge in [-0.15, -0.1) is 12.4 Å². The lowest BCUT2D eigenvalue weighted by Gasteiger charge is -2.36. The van der Waals surface area contributed by atoms with Crippen LogP contribution in [0.15, 0.2) is 42.7 Å². The first kappa shape index (κ1) is 16.0. The smallest absolute Gasteiger partial charge is 0.0645 e. The molecular weight excluding hydrogens is 284 g/mol. The highest BCUT2D eigenvalue weighted by atomic mass is 35.5. The molecular formula is C16H23ClN4. The fourth-order valence-electron chi connectivity index (χ4n) is 3.00. The Labute approximate surface area is 132 Å². The van der Waals surface area contributed by atoms with Crippen LogP contribution in [0.4, 0.5) is 0 Å². The largest absolute Gasteiger partial charge is 0.309 e. The van der Waals surface area contributed by atoms with Crippen LogP contribution in [-0.2, 0) is 6.54 Å². The highest BCUT2D eigenvalue weighted by molar-refractivity contribution is 5.85. The molecule has 0 saturated carbocycles. The Hall–Kier alpha value is -1.36. The zero-order valence-corrected chi connectivity index (χ0v) is 13.4.